The Hall–Kier alpha value is -0.790. The summed E-state index contributed by atoms with van der Waals surface area (Å²) in [6, 6.07) is 0. The van der Waals surface area contributed by atoms with Crippen LogP contribution in [0.2, 0.25) is 0 Å². The van der Waals surface area contributed by atoms with Crippen LogP contribution >= 0.6 is 0 Å². The van der Waals surface area contributed by atoms with Gasteiger partial charge < -0.3 is 4.74 Å². The molecule has 0 amide bonds. The summed E-state index contributed by atoms with van der Waals surface area (Å²) in [5, 5.41) is 0. The summed E-state index contributed by atoms with van der Waals surface area (Å²) in [4.78, 5) is 11.6. The third kappa shape index (κ3) is 2.24. The van der Waals surface area contributed by atoms with Gasteiger partial charge in [0, 0.05) is 5.57 Å². The first-order valence-electron chi connectivity index (χ1n) is 6.00. The molecule has 84 valence electrons. The molecule has 0 spiro atoms. The van der Waals surface area contributed by atoms with Crippen LogP contribution in [0.4, 0.5) is 0 Å². The second-order valence-corrected chi connectivity index (χ2v) is 5.19. The van der Waals surface area contributed by atoms with Gasteiger partial charge in [-0.2, -0.15) is 0 Å². The smallest absolute Gasteiger partial charge is 0.333 e. The molecule has 0 aromatic rings. The van der Waals surface area contributed by atoms with Gasteiger partial charge in [0.15, 0.2) is 0 Å². The molecule has 3 aliphatic rings. The van der Waals surface area contributed by atoms with E-state index in [1.807, 2.05) is 0 Å². The first kappa shape index (κ1) is 10.7. The Labute approximate surface area is 91.7 Å². The molecular formula is C13H20O2. The fourth-order valence-corrected chi connectivity index (χ4v) is 2.89. The van der Waals surface area contributed by atoms with E-state index in [-0.39, 0.29) is 11.6 Å². The highest BCUT2D eigenvalue weighted by Crippen LogP contribution is 2.44. The van der Waals surface area contributed by atoms with Crippen LogP contribution in [-0.2, 0) is 9.53 Å². The molecule has 0 N–H and O–H groups in total. The number of hydrogen-bond acceptors (Lipinski definition) is 2. The lowest BCUT2D eigenvalue weighted by Crippen LogP contribution is -2.37. The van der Waals surface area contributed by atoms with Gasteiger partial charge in [0.2, 0.25) is 0 Å². The Morgan fingerprint density at radius 3 is 2.53 bits per heavy atom. The van der Waals surface area contributed by atoms with Crippen LogP contribution in [0.3, 0.4) is 0 Å². The van der Waals surface area contributed by atoms with E-state index in [1.54, 1.807) is 6.92 Å². The minimum atomic E-state index is -0.199. The Morgan fingerprint density at radius 2 is 1.93 bits per heavy atom. The monoisotopic (exact) mass is 208 g/mol. The van der Waals surface area contributed by atoms with E-state index in [4.69, 9.17) is 4.74 Å². The Balaban J connectivity index is 2.05. The van der Waals surface area contributed by atoms with E-state index in [9.17, 15) is 4.79 Å². The normalized spacial score (nSPS) is 34.6. The van der Waals surface area contributed by atoms with E-state index in [0.29, 0.717) is 5.57 Å². The molecule has 0 saturated heterocycles. The zero-order chi connectivity index (χ0) is 10.9. The lowest BCUT2D eigenvalue weighted by Gasteiger charge is -2.36. The summed E-state index contributed by atoms with van der Waals surface area (Å²) in [7, 11) is 0. The first-order valence-corrected chi connectivity index (χ1v) is 6.00. The van der Waals surface area contributed by atoms with Crippen molar-refractivity contribution in [3.05, 3.63) is 12.2 Å². The third-order valence-electron chi connectivity index (χ3n) is 3.92. The first-order chi connectivity index (χ1) is 7.11. The number of carbonyl (C=O) groups excluding carboxylic acids is 1. The molecule has 0 heterocycles. The van der Waals surface area contributed by atoms with Crippen molar-refractivity contribution in [2.75, 3.05) is 0 Å². The van der Waals surface area contributed by atoms with Crippen molar-refractivity contribution < 1.29 is 9.53 Å². The molecular weight excluding hydrogens is 188 g/mol. The summed E-state index contributed by atoms with van der Waals surface area (Å²) in [6.07, 6.45) is 8.21. The Kier molecular flexibility index (Phi) is 2.85. The molecule has 2 heteroatoms. The second-order valence-electron chi connectivity index (χ2n) is 5.19. The van der Waals surface area contributed by atoms with Crippen LogP contribution in [0.15, 0.2) is 12.2 Å². The van der Waals surface area contributed by atoms with Crippen molar-refractivity contribution in [2.24, 2.45) is 5.92 Å². The van der Waals surface area contributed by atoms with E-state index < -0.39 is 0 Å². The molecule has 3 fully saturated rings. The molecule has 2 bridgehead atoms. The zero-order valence-electron chi connectivity index (χ0n) is 9.55. The van der Waals surface area contributed by atoms with Gasteiger partial charge in [0.05, 0.1) is 0 Å². The van der Waals surface area contributed by atoms with E-state index in [2.05, 4.69) is 6.58 Å². The molecule has 3 rings (SSSR count). The highest BCUT2D eigenvalue weighted by atomic mass is 16.6. The zero-order valence-corrected chi connectivity index (χ0v) is 9.55. The number of esters is 1. The molecule has 3 saturated carbocycles. The van der Waals surface area contributed by atoms with Crippen molar-refractivity contribution >= 4 is 5.97 Å². The van der Waals surface area contributed by atoms with Crippen LogP contribution in [-0.4, -0.2) is 11.6 Å². The summed E-state index contributed by atoms with van der Waals surface area (Å²) in [5.41, 5.74) is 0.388. The standard InChI is InChI=1S/C13H20O2/c1-10(2)12(14)15-13-7-3-4-11(5-8-13)6-9-13/h11H,1,3-9H2,2H3. The molecule has 0 radical (unpaired) electrons. The number of rotatable bonds is 2. The van der Waals surface area contributed by atoms with Crippen LogP contribution in [0.25, 0.3) is 0 Å². The van der Waals surface area contributed by atoms with Gasteiger partial charge in [-0.15, -0.1) is 0 Å². The molecule has 0 aliphatic heterocycles. The second kappa shape index (κ2) is 3.99. The van der Waals surface area contributed by atoms with E-state index >= 15 is 0 Å². The van der Waals surface area contributed by atoms with Crippen molar-refractivity contribution in [3.8, 4) is 0 Å². The van der Waals surface area contributed by atoms with Gasteiger partial charge in [-0.3, -0.25) is 0 Å². The average Bonchev–Trinajstić information content (AvgIpc) is 2.50. The number of fused-ring (bicyclic) bond motifs is 4. The van der Waals surface area contributed by atoms with E-state index in [0.717, 1.165) is 25.2 Å². The molecule has 2 nitrogen and oxygen atoms in total. The number of hydrogen-bond donors (Lipinski definition) is 0. The highest BCUT2D eigenvalue weighted by Gasteiger charge is 2.40. The van der Waals surface area contributed by atoms with Gasteiger partial charge >= 0.3 is 5.97 Å². The fraction of sp³-hybridized carbons (Fsp3) is 0.769. The Bertz CT molecular complexity index is 267. The third-order valence-corrected chi connectivity index (χ3v) is 3.92. The van der Waals surface area contributed by atoms with Gasteiger partial charge in [0.25, 0.3) is 0 Å². The molecule has 0 atom stereocenters. The summed E-state index contributed by atoms with van der Waals surface area (Å²) in [5.74, 6) is 0.694. The maximum Gasteiger partial charge on any atom is 0.333 e. The number of carbonyl (C=O) groups is 1. The lowest BCUT2D eigenvalue weighted by molar-refractivity contribution is -0.158. The fourth-order valence-electron chi connectivity index (χ4n) is 2.89. The van der Waals surface area contributed by atoms with Gasteiger partial charge in [-0.25, -0.2) is 4.79 Å². The molecule has 0 aromatic heterocycles. The van der Waals surface area contributed by atoms with Gasteiger partial charge in [0.1, 0.15) is 5.60 Å². The maximum absolute atomic E-state index is 11.6. The van der Waals surface area contributed by atoms with E-state index in [1.165, 1.54) is 25.7 Å². The van der Waals surface area contributed by atoms with Crippen molar-refractivity contribution in [2.45, 2.75) is 57.5 Å². The predicted molar refractivity (Wildman–Crippen MR) is 59.4 cm³/mol. The van der Waals surface area contributed by atoms with Crippen molar-refractivity contribution in [1.29, 1.82) is 0 Å². The average molecular weight is 208 g/mol. The summed E-state index contributed by atoms with van der Waals surface area (Å²) < 4.78 is 5.67. The van der Waals surface area contributed by atoms with Crippen LogP contribution < -0.4 is 0 Å². The topological polar surface area (TPSA) is 26.3 Å². The molecule has 3 aliphatic carbocycles. The molecule has 0 unspecified atom stereocenters. The van der Waals surface area contributed by atoms with Crippen LogP contribution in [0, 0.1) is 5.92 Å². The minimum absolute atomic E-state index is 0.136. The predicted octanol–water partition coefficient (Wildman–Crippen LogP) is 3.22. The summed E-state index contributed by atoms with van der Waals surface area (Å²) in [6.45, 7) is 5.37. The van der Waals surface area contributed by atoms with Crippen LogP contribution in [0.1, 0.15) is 51.9 Å². The molecule has 15 heavy (non-hydrogen) atoms. The largest absolute Gasteiger partial charge is 0.456 e. The summed E-state index contributed by atoms with van der Waals surface area (Å²) >= 11 is 0. The Morgan fingerprint density at radius 1 is 1.27 bits per heavy atom. The van der Waals surface area contributed by atoms with Gasteiger partial charge in [-0.05, 0) is 51.4 Å². The highest BCUT2D eigenvalue weighted by molar-refractivity contribution is 5.87. The molecule has 0 aromatic carbocycles. The number of ether oxygens (including phenoxy) is 1. The van der Waals surface area contributed by atoms with Crippen LogP contribution in [0.5, 0.6) is 0 Å². The SMILES string of the molecule is C=C(C)C(=O)OC12CCCC(CC1)CC2. The van der Waals surface area contributed by atoms with Crippen molar-refractivity contribution in [3.63, 3.8) is 0 Å². The van der Waals surface area contributed by atoms with Crippen molar-refractivity contribution in [1.82, 2.24) is 0 Å². The lowest BCUT2D eigenvalue weighted by atomic mass is 9.80. The van der Waals surface area contributed by atoms with Gasteiger partial charge in [-0.1, -0.05) is 13.0 Å². The maximum atomic E-state index is 11.6. The minimum Gasteiger partial charge on any atom is -0.456 e. The quantitative estimate of drug-likeness (QED) is 0.514.